The fourth-order valence-electron chi connectivity index (χ4n) is 5.25. The molecule has 2 saturated heterocycles. The number of piperidine rings is 2. The number of aryl methyl sites for hydroxylation is 2. The Balaban J connectivity index is 1.39. The molecule has 2 fully saturated rings. The Morgan fingerprint density at radius 2 is 1.97 bits per heavy atom. The summed E-state index contributed by atoms with van der Waals surface area (Å²) in [6.45, 7) is 6.73. The number of aromatic hydroxyl groups is 1. The van der Waals surface area contributed by atoms with Crippen LogP contribution in [-0.2, 0) is 11.2 Å². The minimum Gasteiger partial charge on any atom is -0.508 e. The van der Waals surface area contributed by atoms with Gasteiger partial charge in [0.15, 0.2) is 0 Å². The second kappa shape index (κ2) is 8.80. The van der Waals surface area contributed by atoms with E-state index in [0.717, 1.165) is 17.5 Å². The molecular weight excluding hydrogens is 380 g/mol. The molecule has 6 heteroatoms. The summed E-state index contributed by atoms with van der Waals surface area (Å²) in [6.07, 6.45) is 6.85. The minimum atomic E-state index is -0.424. The van der Waals surface area contributed by atoms with Gasteiger partial charge in [0.2, 0.25) is 5.91 Å². The van der Waals surface area contributed by atoms with Crippen LogP contribution in [-0.4, -0.2) is 41.6 Å². The summed E-state index contributed by atoms with van der Waals surface area (Å²) >= 11 is 0. The highest BCUT2D eigenvalue weighted by Crippen LogP contribution is 2.31. The SMILES string of the molecule is Cc1c(CCC(=O)NCC2CCCN3CCCCC23)c(=O)oc2c(C)c(O)ccc12. The van der Waals surface area contributed by atoms with Crippen LogP contribution in [0.25, 0.3) is 11.0 Å². The molecular formula is C24H32N2O4. The molecule has 0 aliphatic carbocycles. The van der Waals surface area contributed by atoms with Crippen molar-refractivity contribution in [3.63, 3.8) is 0 Å². The molecule has 4 rings (SSSR count). The van der Waals surface area contributed by atoms with Crippen molar-refractivity contribution in [3.05, 3.63) is 39.2 Å². The number of rotatable bonds is 5. The van der Waals surface area contributed by atoms with E-state index in [1.807, 2.05) is 6.92 Å². The maximum absolute atomic E-state index is 12.5. The Morgan fingerprint density at radius 3 is 2.80 bits per heavy atom. The van der Waals surface area contributed by atoms with E-state index in [1.54, 1.807) is 19.1 Å². The highest BCUT2D eigenvalue weighted by atomic mass is 16.4. The zero-order chi connectivity index (χ0) is 21.3. The van der Waals surface area contributed by atoms with Gasteiger partial charge in [-0.15, -0.1) is 0 Å². The molecule has 6 nitrogen and oxygen atoms in total. The molecule has 2 aromatic rings. The van der Waals surface area contributed by atoms with Gasteiger partial charge in [-0.25, -0.2) is 4.79 Å². The van der Waals surface area contributed by atoms with Crippen LogP contribution >= 0.6 is 0 Å². The largest absolute Gasteiger partial charge is 0.508 e. The number of nitrogens with zero attached hydrogens (tertiary/aromatic N) is 1. The lowest BCUT2D eigenvalue weighted by Crippen LogP contribution is -2.51. The van der Waals surface area contributed by atoms with Crippen molar-refractivity contribution < 1.29 is 14.3 Å². The molecule has 2 aliphatic heterocycles. The highest BCUT2D eigenvalue weighted by molar-refractivity contribution is 5.85. The third kappa shape index (κ3) is 4.10. The molecule has 2 unspecified atom stereocenters. The first-order chi connectivity index (χ1) is 14.5. The van der Waals surface area contributed by atoms with E-state index < -0.39 is 5.63 Å². The van der Waals surface area contributed by atoms with Crippen LogP contribution < -0.4 is 10.9 Å². The maximum Gasteiger partial charge on any atom is 0.339 e. The van der Waals surface area contributed by atoms with E-state index >= 15 is 0 Å². The van der Waals surface area contributed by atoms with Gasteiger partial charge in [-0.2, -0.15) is 0 Å². The Morgan fingerprint density at radius 1 is 1.17 bits per heavy atom. The first-order valence-corrected chi connectivity index (χ1v) is 11.2. The molecule has 0 radical (unpaired) electrons. The predicted molar refractivity (Wildman–Crippen MR) is 117 cm³/mol. The molecule has 3 heterocycles. The lowest BCUT2D eigenvalue weighted by atomic mass is 9.83. The number of fused-ring (bicyclic) bond motifs is 2. The lowest BCUT2D eigenvalue weighted by molar-refractivity contribution is -0.121. The number of hydrogen-bond donors (Lipinski definition) is 2. The van der Waals surface area contributed by atoms with Crippen molar-refractivity contribution in [2.75, 3.05) is 19.6 Å². The third-order valence-electron chi connectivity index (χ3n) is 7.07. The Hall–Kier alpha value is -2.34. The summed E-state index contributed by atoms with van der Waals surface area (Å²) in [7, 11) is 0. The van der Waals surface area contributed by atoms with Gasteiger partial charge in [0.1, 0.15) is 11.3 Å². The molecule has 2 N–H and O–H groups in total. The molecule has 2 atom stereocenters. The number of phenolic OH excluding ortho intramolecular Hbond substituents is 1. The van der Waals surface area contributed by atoms with Crippen molar-refractivity contribution in [3.8, 4) is 5.75 Å². The number of benzene rings is 1. The fraction of sp³-hybridized carbons (Fsp3) is 0.583. The van der Waals surface area contributed by atoms with Gasteiger partial charge in [-0.1, -0.05) is 6.42 Å². The van der Waals surface area contributed by atoms with Crippen molar-refractivity contribution in [2.45, 2.75) is 64.8 Å². The standard InChI is InChI=1S/C24H32N2O4/c1-15-18-8-10-21(27)16(2)23(18)30-24(29)19(15)9-11-22(28)25-14-17-6-5-13-26-12-4-3-7-20(17)26/h8,10,17,20,27H,3-7,9,11-14H2,1-2H3,(H,25,28). The second-order valence-electron chi connectivity index (χ2n) is 8.88. The van der Waals surface area contributed by atoms with E-state index in [2.05, 4.69) is 10.2 Å². The third-order valence-corrected chi connectivity index (χ3v) is 7.07. The predicted octanol–water partition coefficient (Wildman–Crippen LogP) is 3.43. The topological polar surface area (TPSA) is 82.8 Å². The number of amides is 1. The fourth-order valence-corrected chi connectivity index (χ4v) is 5.25. The molecule has 1 amide bonds. The Kier molecular flexibility index (Phi) is 6.14. The van der Waals surface area contributed by atoms with Gasteiger partial charge in [0.05, 0.1) is 0 Å². The Labute approximate surface area is 177 Å². The summed E-state index contributed by atoms with van der Waals surface area (Å²) in [5, 5.41) is 13.8. The quantitative estimate of drug-likeness (QED) is 0.735. The molecule has 0 spiro atoms. The maximum atomic E-state index is 12.5. The smallest absolute Gasteiger partial charge is 0.339 e. The summed E-state index contributed by atoms with van der Waals surface area (Å²) in [4.78, 5) is 27.6. The van der Waals surface area contributed by atoms with E-state index in [4.69, 9.17) is 4.42 Å². The van der Waals surface area contributed by atoms with Crippen LogP contribution in [0.4, 0.5) is 0 Å². The highest BCUT2D eigenvalue weighted by Gasteiger charge is 2.32. The first-order valence-electron chi connectivity index (χ1n) is 11.2. The summed E-state index contributed by atoms with van der Waals surface area (Å²) in [5.74, 6) is 0.631. The van der Waals surface area contributed by atoms with Crippen LogP contribution in [0.5, 0.6) is 5.75 Å². The van der Waals surface area contributed by atoms with Crippen LogP contribution in [0.2, 0.25) is 0 Å². The van der Waals surface area contributed by atoms with E-state index in [9.17, 15) is 14.7 Å². The normalized spacial score (nSPS) is 22.1. The molecule has 1 aromatic carbocycles. The monoisotopic (exact) mass is 412 g/mol. The van der Waals surface area contributed by atoms with Crippen molar-refractivity contribution >= 4 is 16.9 Å². The van der Waals surface area contributed by atoms with Crippen LogP contribution in [0, 0.1) is 19.8 Å². The average molecular weight is 413 g/mol. The van der Waals surface area contributed by atoms with E-state index in [1.165, 1.54) is 45.2 Å². The van der Waals surface area contributed by atoms with Crippen LogP contribution in [0.15, 0.2) is 21.3 Å². The van der Waals surface area contributed by atoms with Crippen LogP contribution in [0.1, 0.15) is 55.2 Å². The summed E-state index contributed by atoms with van der Waals surface area (Å²) in [5.41, 5.74) is 1.91. The number of phenols is 1. The number of nitrogens with one attached hydrogen (secondary N) is 1. The lowest BCUT2D eigenvalue weighted by Gasteiger charge is -2.44. The zero-order valence-corrected chi connectivity index (χ0v) is 18.0. The van der Waals surface area contributed by atoms with Gasteiger partial charge in [0.25, 0.3) is 0 Å². The van der Waals surface area contributed by atoms with E-state index in [-0.39, 0.29) is 18.1 Å². The number of carbonyl (C=O) groups excluding carboxylic acids is 1. The number of hydrogen-bond acceptors (Lipinski definition) is 5. The van der Waals surface area contributed by atoms with E-state index in [0.29, 0.717) is 35.1 Å². The van der Waals surface area contributed by atoms with Gasteiger partial charge < -0.3 is 19.7 Å². The molecule has 2 aliphatic rings. The molecule has 0 bridgehead atoms. The van der Waals surface area contributed by atoms with Crippen LogP contribution in [0.3, 0.4) is 0 Å². The van der Waals surface area contributed by atoms with Crippen molar-refractivity contribution in [1.29, 1.82) is 0 Å². The van der Waals surface area contributed by atoms with Crippen molar-refractivity contribution in [2.24, 2.45) is 5.92 Å². The average Bonchev–Trinajstić information content (AvgIpc) is 2.75. The zero-order valence-electron chi connectivity index (χ0n) is 18.0. The Bertz CT molecular complexity index is 995. The summed E-state index contributed by atoms with van der Waals surface area (Å²) in [6, 6.07) is 3.99. The van der Waals surface area contributed by atoms with Gasteiger partial charge in [-0.3, -0.25) is 4.79 Å². The molecule has 162 valence electrons. The van der Waals surface area contributed by atoms with Gasteiger partial charge >= 0.3 is 5.63 Å². The molecule has 30 heavy (non-hydrogen) atoms. The second-order valence-corrected chi connectivity index (χ2v) is 8.88. The first kappa shape index (κ1) is 20.9. The summed E-state index contributed by atoms with van der Waals surface area (Å²) < 4.78 is 5.48. The van der Waals surface area contributed by atoms with Gasteiger partial charge in [0, 0.05) is 35.5 Å². The molecule has 1 aromatic heterocycles. The van der Waals surface area contributed by atoms with Gasteiger partial charge in [-0.05, 0) is 82.7 Å². The number of carbonyl (C=O) groups is 1. The minimum absolute atomic E-state index is 0.0104. The molecule has 0 saturated carbocycles. The van der Waals surface area contributed by atoms with Crippen molar-refractivity contribution in [1.82, 2.24) is 10.2 Å².